The van der Waals surface area contributed by atoms with Gasteiger partial charge in [0, 0.05) is 0 Å². The predicted octanol–water partition coefficient (Wildman–Crippen LogP) is 7.31. The standard InChI is InChI=1S/C43H44O5SeSi/c1-50(2,29-28-34-18-8-3-9-19-34)48-42-41(46-32-37-24-14-6-15-25-37)40(45-31-36-22-12-5-13-23-36)39(33-44-30-35-20-10-4-11-21-35)47-43(42)49-38-26-16-7-17-27-38/h3-27,39-43H,30-33H2,1-2H3/t39-,40-,41+,42-,43+/m1/s1. The Morgan fingerprint density at radius 1 is 0.580 bits per heavy atom. The molecule has 0 spiro atoms. The second kappa shape index (κ2) is 18.4. The fourth-order valence-electron chi connectivity index (χ4n) is 5.77. The second-order valence-corrected chi connectivity index (χ2v) is 18.7. The van der Waals surface area contributed by atoms with Crippen molar-refractivity contribution in [1.82, 2.24) is 0 Å². The molecule has 0 N–H and O–H groups in total. The van der Waals surface area contributed by atoms with Crippen molar-refractivity contribution in [2.45, 2.75) is 62.3 Å². The van der Waals surface area contributed by atoms with Gasteiger partial charge in [0.15, 0.2) is 0 Å². The summed E-state index contributed by atoms with van der Waals surface area (Å²) in [6, 6.07) is 51.3. The number of hydrogen-bond donors (Lipinski definition) is 0. The fourth-order valence-corrected chi connectivity index (χ4v) is 9.80. The molecule has 6 rings (SSSR count). The molecule has 0 unspecified atom stereocenters. The van der Waals surface area contributed by atoms with Crippen molar-refractivity contribution in [2.75, 3.05) is 6.61 Å². The Kier molecular flexibility index (Phi) is 13.3. The van der Waals surface area contributed by atoms with Gasteiger partial charge in [0.05, 0.1) is 0 Å². The van der Waals surface area contributed by atoms with Crippen molar-refractivity contribution in [3.8, 4) is 11.5 Å². The van der Waals surface area contributed by atoms with Crippen LogP contribution in [0.3, 0.4) is 0 Å². The normalized spacial score (nSPS) is 20.5. The van der Waals surface area contributed by atoms with Gasteiger partial charge >= 0.3 is 305 Å². The van der Waals surface area contributed by atoms with E-state index in [0.717, 1.165) is 22.3 Å². The van der Waals surface area contributed by atoms with Gasteiger partial charge in [-0.15, -0.1) is 0 Å². The molecule has 5 nitrogen and oxygen atoms in total. The molecule has 0 bridgehead atoms. The molecule has 1 heterocycles. The number of rotatable bonds is 14. The maximum atomic E-state index is 7.20. The Morgan fingerprint density at radius 3 is 1.62 bits per heavy atom. The Balaban J connectivity index is 1.35. The fraction of sp³-hybridized carbons (Fsp3) is 0.256. The monoisotopic (exact) mass is 748 g/mol. The summed E-state index contributed by atoms with van der Waals surface area (Å²) in [5.74, 6) is 3.38. The first-order chi connectivity index (χ1) is 24.5. The van der Waals surface area contributed by atoms with Crippen molar-refractivity contribution in [3.63, 3.8) is 0 Å². The Hall–Kier alpha value is -3.80. The van der Waals surface area contributed by atoms with Crippen molar-refractivity contribution in [3.05, 3.63) is 174 Å². The van der Waals surface area contributed by atoms with Gasteiger partial charge < -0.3 is 0 Å². The van der Waals surface area contributed by atoms with Crippen LogP contribution in [0.4, 0.5) is 0 Å². The first kappa shape index (κ1) is 36.0. The molecule has 50 heavy (non-hydrogen) atoms. The van der Waals surface area contributed by atoms with E-state index in [2.05, 4.69) is 85.2 Å². The summed E-state index contributed by atoms with van der Waals surface area (Å²) in [7, 11) is -2.59. The molecule has 0 radical (unpaired) electrons. The molecule has 5 aromatic rings. The summed E-state index contributed by atoms with van der Waals surface area (Å²) in [5, 5.41) is -0.266. The predicted molar refractivity (Wildman–Crippen MR) is 202 cm³/mol. The van der Waals surface area contributed by atoms with Crippen molar-refractivity contribution in [2.24, 2.45) is 0 Å². The van der Waals surface area contributed by atoms with E-state index < -0.39 is 26.6 Å². The molecule has 1 saturated heterocycles. The van der Waals surface area contributed by atoms with Gasteiger partial charge in [-0.3, -0.25) is 0 Å². The molecular weight excluding hydrogens is 704 g/mol. The third kappa shape index (κ3) is 10.8. The molecule has 1 aliphatic rings. The molecule has 0 aromatic heterocycles. The van der Waals surface area contributed by atoms with E-state index >= 15 is 0 Å². The summed E-state index contributed by atoms with van der Waals surface area (Å²) in [4.78, 5) is 0. The Labute approximate surface area is 304 Å². The SMILES string of the molecule is C[Si](C)(C#Cc1ccccc1)O[C@@H]1[C@@H](OCc2ccccc2)[C@H](OCc2ccccc2)[C@@H](COCc2ccccc2)O[C@H]1[Se]c1ccccc1. The molecule has 5 aromatic carbocycles. The first-order valence-corrected chi connectivity index (χ1v) is 21.8. The van der Waals surface area contributed by atoms with Crippen LogP contribution in [-0.4, -0.2) is 59.3 Å². The number of ether oxygens (including phenoxy) is 4. The third-order valence-electron chi connectivity index (χ3n) is 8.26. The van der Waals surface area contributed by atoms with Gasteiger partial charge in [-0.05, 0) is 0 Å². The minimum atomic E-state index is -2.59. The van der Waals surface area contributed by atoms with E-state index in [9.17, 15) is 0 Å². The second-order valence-electron chi connectivity index (χ2n) is 12.7. The van der Waals surface area contributed by atoms with Crippen LogP contribution in [0.5, 0.6) is 0 Å². The van der Waals surface area contributed by atoms with Crippen LogP contribution in [0.15, 0.2) is 152 Å². The minimum absolute atomic E-state index is 0.0975. The molecule has 0 aliphatic carbocycles. The van der Waals surface area contributed by atoms with Crippen LogP contribution in [0, 0.1) is 11.5 Å². The van der Waals surface area contributed by atoms with Crippen molar-refractivity contribution < 1.29 is 23.4 Å². The average Bonchev–Trinajstić information content (AvgIpc) is 3.16. The van der Waals surface area contributed by atoms with E-state index in [1.165, 1.54) is 4.46 Å². The molecule has 1 fully saturated rings. The van der Waals surface area contributed by atoms with Gasteiger partial charge in [-0.2, -0.15) is 0 Å². The zero-order valence-electron chi connectivity index (χ0n) is 28.6. The van der Waals surface area contributed by atoms with Gasteiger partial charge in [-0.1, -0.05) is 0 Å². The van der Waals surface area contributed by atoms with Crippen LogP contribution in [0.25, 0.3) is 0 Å². The zero-order valence-corrected chi connectivity index (χ0v) is 31.3. The topological polar surface area (TPSA) is 46.2 Å². The molecule has 256 valence electrons. The zero-order chi connectivity index (χ0) is 34.4. The van der Waals surface area contributed by atoms with Crippen molar-refractivity contribution >= 4 is 27.7 Å². The quantitative estimate of drug-likeness (QED) is 0.0882. The molecule has 5 atom stereocenters. The molecule has 0 saturated carbocycles. The maximum absolute atomic E-state index is 7.20. The number of hydrogen-bond acceptors (Lipinski definition) is 5. The summed E-state index contributed by atoms with van der Waals surface area (Å²) >= 11 is -0.0975. The van der Waals surface area contributed by atoms with Crippen LogP contribution < -0.4 is 4.46 Å². The van der Waals surface area contributed by atoms with Gasteiger partial charge in [-0.25, -0.2) is 0 Å². The van der Waals surface area contributed by atoms with Crippen LogP contribution >= 0.6 is 0 Å². The summed E-state index contributed by atoms with van der Waals surface area (Å²) in [5.41, 5.74) is 7.78. The third-order valence-corrected chi connectivity index (χ3v) is 12.3. The van der Waals surface area contributed by atoms with Gasteiger partial charge in [0.25, 0.3) is 0 Å². The van der Waals surface area contributed by atoms with Crippen LogP contribution in [-0.2, 0) is 43.2 Å². The summed E-state index contributed by atoms with van der Waals surface area (Å²) in [6.45, 7) is 5.95. The average molecular weight is 748 g/mol. The van der Waals surface area contributed by atoms with Crippen LogP contribution in [0.2, 0.25) is 13.1 Å². The van der Waals surface area contributed by atoms with E-state index in [1.807, 2.05) is 91.0 Å². The van der Waals surface area contributed by atoms with E-state index in [4.69, 9.17) is 23.4 Å². The van der Waals surface area contributed by atoms with E-state index in [1.54, 1.807) is 0 Å². The van der Waals surface area contributed by atoms with Crippen LogP contribution in [0.1, 0.15) is 22.3 Å². The summed E-state index contributed by atoms with van der Waals surface area (Å²) in [6.07, 6.45) is -1.72. The van der Waals surface area contributed by atoms with Gasteiger partial charge in [0.2, 0.25) is 0 Å². The van der Waals surface area contributed by atoms with Crippen molar-refractivity contribution in [1.29, 1.82) is 0 Å². The molecular formula is C43H44O5SeSi. The Bertz CT molecular complexity index is 1770. The molecule has 0 amide bonds. The molecule has 7 heteroatoms. The number of benzene rings is 5. The van der Waals surface area contributed by atoms with E-state index in [-0.39, 0.29) is 26.1 Å². The first-order valence-electron chi connectivity index (χ1n) is 17.1. The summed E-state index contributed by atoms with van der Waals surface area (Å²) < 4.78 is 35.7. The van der Waals surface area contributed by atoms with E-state index in [0.29, 0.717) is 26.4 Å². The molecule has 1 aliphatic heterocycles. The van der Waals surface area contributed by atoms with Gasteiger partial charge in [0.1, 0.15) is 0 Å². The Morgan fingerprint density at radius 2 is 1.06 bits per heavy atom.